The SMILES string of the molecule is CC(=O)C1=C(O)[C@]2(O)C(=O)C3=C(O)c4c(O)c(CC5Cc6ccccc6C5)cc(C(C)C)c4C[C@]3(C)C[C@]2(C)C(C(C)C)C1=O. The number of aliphatic hydroxyl groups is 3. The predicted molar refractivity (Wildman–Crippen MR) is 171 cm³/mol. The summed E-state index contributed by atoms with van der Waals surface area (Å²) in [6.07, 6.45) is 2.74. The highest BCUT2D eigenvalue weighted by molar-refractivity contribution is 6.24. The van der Waals surface area contributed by atoms with Crippen molar-refractivity contribution >= 4 is 23.1 Å². The summed E-state index contributed by atoms with van der Waals surface area (Å²) >= 11 is 0. The molecule has 0 radical (unpaired) electrons. The molecule has 0 aliphatic heterocycles. The molecule has 1 unspecified atom stereocenters. The fraction of sp³-hybridized carbons (Fsp3) is 0.500. The van der Waals surface area contributed by atoms with Crippen molar-refractivity contribution in [3.63, 3.8) is 0 Å². The molecular formula is C38H44O7. The zero-order valence-corrected chi connectivity index (χ0v) is 27.2. The molecule has 1 saturated carbocycles. The van der Waals surface area contributed by atoms with Crippen molar-refractivity contribution < 1.29 is 34.8 Å². The summed E-state index contributed by atoms with van der Waals surface area (Å²) in [6, 6.07) is 10.4. The van der Waals surface area contributed by atoms with E-state index in [-0.39, 0.29) is 41.1 Å². The Hall–Kier alpha value is -3.71. The maximum Gasteiger partial charge on any atom is 0.203 e. The average molecular weight is 613 g/mol. The van der Waals surface area contributed by atoms with E-state index in [1.54, 1.807) is 20.8 Å². The number of aromatic hydroxyl groups is 1. The van der Waals surface area contributed by atoms with Gasteiger partial charge in [-0.2, -0.15) is 0 Å². The molecule has 2 aromatic carbocycles. The summed E-state index contributed by atoms with van der Waals surface area (Å²) in [5, 5.41) is 47.6. The van der Waals surface area contributed by atoms with Crippen LogP contribution >= 0.6 is 0 Å². The summed E-state index contributed by atoms with van der Waals surface area (Å²) < 4.78 is 0. The van der Waals surface area contributed by atoms with Gasteiger partial charge in [-0.3, -0.25) is 14.4 Å². The van der Waals surface area contributed by atoms with Crippen LogP contribution in [0, 0.1) is 28.6 Å². The van der Waals surface area contributed by atoms with Gasteiger partial charge in [-0.25, -0.2) is 0 Å². The molecule has 45 heavy (non-hydrogen) atoms. The van der Waals surface area contributed by atoms with Gasteiger partial charge in [-0.05, 0) is 84.6 Å². The number of phenolic OH excluding ortho intramolecular Hbond substituents is 1. The molecule has 238 valence electrons. The largest absolute Gasteiger partial charge is 0.508 e. The Labute approximate surface area is 264 Å². The average Bonchev–Trinajstić information content (AvgIpc) is 3.34. The molecule has 6 rings (SSSR count). The third kappa shape index (κ3) is 4.15. The van der Waals surface area contributed by atoms with Crippen LogP contribution in [0.2, 0.25) is 0 Å². The number of carbonyl (C=O) groups excluding carboxylic acids is 3. The second kappa shape index (κ2) is 10.1. The molecule has 4 aliphatic carbocycles. The van der Waals surface area contributed by atoms with Gasteiger partial charge in [0.25, 0.3) is 0 Å². The van der Waals surface area contributed by atoms with Gasteiger partial charge < -0.3 is 20.4 Å². The Bertz CT molecular complexity index is 1720. The van der Waals surface area contributed by atoms with Crippen LogP contribution in [0.1, 0.15) is 94.2 Å². The van der Waals surface area contributed by atoms with Crippen LogP contribution in [0.3, 0.4) is 0 Å². The molecule has 7 heteroatoms. The summed E-state index contributed by atoms with van der Waals surface area (Å²) in [6.45, 7) is 12.4. The lowest BCUT2D eigenvalue weighted by molar-refractivity contribution is -0.178. The van der Waals surface area contributed by atoms with E-state index < -0.39 is 56.8 Å². The van der Waals surface area contributed by atoms with E-state index in [2.05, 4.69) is 26.0 Å². The number of aliphatic hydroxyl groups excluding tert-OH is 2. The Kier molecular flexibility index (Phi) is 7.05. The molecule has 0 saturated heterocycles. The van der Waals surface area contributed by atoms with E-state index in [0.717, 1.165) is 30.9 Å². The highest BCUT2D eigenvalue weighted by Crippen LogP contribution is 2.65. The minimum absolute atomic E-state index is 0.0495. The summed E-state index contributed by atoms with van der Waals surface area (Å²) in [5.41, 5.74) is -0.532. The van der Waals surface area contributed by atoms with Crippen LogP contribution in [0.4, 0.5) is 0 Å². The number of Topliss-reactive ketones (excluding diaryl/α,β-unsaturated/α-hetero) is 3. The quantitative estimate of drug-likeness (QED) is 0.293. The molecule has 0 spiro atoms. The molecule has 4 N–H and O–H groups in total. The Morgan fingerprint density at radius 1 is 1.00 bits per heavy atom. The normalized spacial score (nSPS) is 29.7. The molecule has 0 aromatic heterocycles. The maximum atomic E-state index is 14.7. The van der Waals surface area contributed by atoms with E-state index in [9.17, 15) is 34.8 Å². The number of fused-ring (bicyclic) bond motifs is 4. The summed E-state index contributed by atoms with van der Waals surface area (Å²) in [7, 11) is 0. The third-order valence-corrected chi connectivity index (χ3v) is 11.4. The molecular weight excluding hydrogens is 568 g/mol. The van der Waals surface area contributed by atoms with Gasteiger partial charge >= 0.3 is 0 Å². The van der Waals surface area contributed by atoms with Crippen LogP contribution in [0.15, 0.2) is 47.2 Å². The Morgan fingerprint density at radius 2 is 1.60 bits per heavy atom. The van der Waals surface area contributed by atoms with E-state index in [0.29, 0.717) is 18.4 Å². The lowest BCUT2D eigenvalue weighted by atomic mass is 9.43. The van der Waals surface area contributed by atoms with Crippen LogP contribution < -0.4 is 0 Å². The van der Waals surface area contributed by atoms with E-state index in [4.69, 9.17) is 0 Å². The minimum atomic E-state index is -2.61. The molecule has 2 aromatic rings. The van der Waals surface area contributed by atoms with Crippen LogP contribution in [-0.2, 0) is 40.1 Å². The molecule has 4 atom stereocenters. The van der Waals surface area contributed by atoms with Crippen molar-refractivity contribution in [3.05, 3.63) is 80.6 Å². The predicted octanol–water partition coefficient (Wildman–Crippen LogP) is 6.27. The van der Waals surface area contributed by atoms with Gasteiger partial charge in [0.2, 0.25) is 5.78 Å². The van der Waals surface area contributed by atoms with Gasteiger partial charge in [0.05, 0.1) is 5.56 Å². The Morgan fingerprint density at radius 3 is 2.13 bits per heavy atom. The van der Waals surface area contributed by atoms with Gasteiger partial charge in [0.1, 0.15) is 22.8 Å². The number of ketones is 3. The number of phenols is 1. The number of hydrogen-bond acceptors (Lipinski definition) is 7. The number of rotatable bonds is 5. The highest BCUT2D eigenvalue weighted by atomic mass is 16.3. The van der Waals surface area contributed by atoms with Gasteiger partial charge in [-0.1, -0.05) is 71.9 Å². The van der Waals surface area contributed by atoms with E-state index >= 15 is 0 Å². The Balaban J connectivity index is 1.54. The van der Waals surface area contributed by atoms with Gasteiger partial charge in [0, 0.05) is 22.3 Å². The molecule has 0 amide bonds. The standard InChI is InChI=1S/C38H44O7/c1-18(2)25-15-24(14-21-12-22-10-8-9-11-23(22)13-21)31(40)28-26(25)16-36(6)17-37(7)29(19(3)4)32(41)27(20(5)39)34(43)38(37,45)35(44)30(36)33(28)42/h8-11,15,18-19,21,29,40,42-43,45H,12-14,16-17H2,1-7H3/t29?,36-,37-,38+/m1/s1. The summed E-state index contributed by atoms with van der Waals surface area (Å²) in [5.74, 6) is -4.64. The van der Waals surface area contributed by atoms with Crippen LogP contribution in [0.5, 0.6) is 5.75 Å². The van der Waals surface area contributed by atoms with E-state index in [1.165, 1.54) is 11.1 Å². The second-order valence-corrected chi connectivity index (χ2v) is 15.2. The maximum absolute atomic E-state index is 14.7. The smallest absolute Gasteiger partial charge is 0.203 e. The lowest BCUT2D eigenvalue weighted by Crippen LogP contribution is -2.69. The molecule has 7 nitrogen and oxygen atoms in total. The van der Waals surface area contributed by atoms with Crippen LogP contribution in [0.25, 0.3) is 5.76 Å². The van der Waals surface area contributed by atoms with Crippen molar-refractivity contribution in [2.24, 2.45) is 28.6 Å². The van der Waals surface area contributed by atoms with Crippen molar-refractivity contribution in [1.29, 1.82) is 0 Å². The molecule has 0 bridgehead atoms. The van der Waals surface area contributed by atoms with Crippen LogP contribution in [-0.4, -0.2) is 43.4 Å². The zero-order valence-electron chi connectivity index (χ0n) is 27.2. The molecule has 0 heterocycles. The zero-order chi connectivity index (χ0) is 33.0. The summed E-state index contributed by atoms with van der Waals surface area (Å²) in [4.78, 5) is 41.0. The fourth-order valence-corrected chi connectivity index (χ4v) is 9.65. The monoisotopic (exact) mass is 612 g/mol. The lowest BCUT2D eigenvalue weighted by Gasteiger charge is -2.60. The van der Waals surface area contributed by atoms with Gasteiger partial charge in [0.15, 0.2) is 17.2 Å². The first-order chi connectivity index (χ1) is 21.0. The molecule has 4 aliphatic rings. The number of allylic oxidation sites excluding steroid dienone is 1. The third-order valence-electron chi connectivity index (χ3n) is 11.4. The highest BCUT2D eigenvalue weighted by Gasteiger charge is 2.72. The number of hydrogen-bond donors (Lipinski definition) is 4. The fourth-order valence-electron chi connectivity index (χ4n) is 9.65. The first-order valence-corrected chi connectivity index (χ1v) is 16.1. The van der Waals surface area contributed by atoms with E-state index in [1.807, 2.05) is 25.1 Å². The second-order valence-electron chi connectivity index (χ2n) is 15.2. The number of benzene rings is 2. The van der Waals surface area contributed by atoms with Crippen molar-refractivity contribution in [2.45, 2.75) is 92.1 Å². The number of carbonyl (C=O) groups is 3. The van der Waals surface area contributed by atoms with Gasteiger partial charge in [-0.15, -0.1) is 0 Å². The topological polar surface area (TPSA) is 132 Å². The van der Waals surface area contributed by atoms with Crippen molar-refractivity contribution in [3.8, 4) is 5.75 Å². The first-order valence-electron chi connectivity index (χ1n) is 16.1. The van der Waals surface area contributed by atoms with Crippen molar-refractivity contribution in [1.82, 2.24) is 0 Å². The first kappa shape index (κ1) is 31.3. The minimum Gasteiger partial charge on any atom is -0.508 e. The van der Waals surface area contributed by atoms with Crippen molar-refractivity contribution in [2.75, 3.05) is 0 Å². The molecule has 1 fully saturated rings.